The van der Waals surface area contributed by atoms with Crippen LogP contribution >= 0.6 is 12.4 Å². The first-order chi connectivity index (χ1) is 10.8. The summed E-state index contributed by atoms with van der Waals surface area (Å²) < 4.78 is 0. The molecule has 1 saturated heterocycles. The highest BCUT2D eigenvalue weighted by atomic mass is 35.5. The molecule has 1 aromatic carbocycles. The molecule has 24 heavy (non-hydrogen) atoms. The fourth-order valence-corrected chi connectivity index (χ4v) is 3.62. The molecule has 1 aliphatic rings. The summed E-state index contributed by atoms with van der Waals surface area (Å²) in [7, 11) is 0. The summed E-state index contributed by atoms with van der Waals surface area (Å²) in [4.78, 5) is 14.3. The number of benzene rings is 1. The van der Waals surface area contributed by atoms with Gasteiger partial charge in [0.15, 0.2) is 0 Å². The van der Waals surface area contributed by atoms with Crippen molar-refractivity contribution in [1.29, 1.82) is 0 Å². The van der Waals surface area contributed by atoms with E-state index in [2.05, 4.69) is 50.0 Å². The lowest BCUT2D eigenvalue weighted by molar-refractivity contribution is -0.122. The number of amides is 1. The van der Waals surface area contributed by atoms with Crippen molar-refractivity contribution < 1.29 is 4.79 Å². The van der Waals surface area contributed by atoms with Crippen molar-refractivity contribution in [1.82, 2.24) is 10.2 Å². The normalized spacial score (nSPS) is 20.7. The molecule has 0 bridgehead atoms. The van der Waals surface area contributed by atoms with Crippen LogP contribution in [0.5, 0.6) is 0 Å². The van der Waals surface area contributed by atoms with E-state index in [1.807, 2.05) is 0 Å². The average molecular weight is 354 g/mol. The number of nitrogens with two attached hydrogens (primary N) is 1. The summed E-state index contributed by atoms with van der Waals surface area (Å²) in [5.74, 6) is 0.119. The highest BCUT2D eigenvalue weighted by molar-refractivity contribution is 5.85. The van der Waals surface area contributed by atoms with Gasteiger partial charge in [-0.05, 0) is 68.8 Å². The van der Waals surface area contributed by atoms with Crippen molar-refractivity contribution in [3.63, 3.8) is 0 Å². The molecule has 1 aromatic rings. The SMILES string of the molecule is Cc1cc(C)c(CCNC(=O)CN2CCC(C)(CN)C2)c(C)c1.Cl. The van der Waals surface area contributed by atoms with Crippen molar-refractivity contribution >= 4 is 18.3 Å². The van der Waals surface area contributed by atoms with E-state index in [9.17, 15) is 4.79 Å². The second-order valence-corrected chi connectivity index (χ2v) is 7.45. The highest BCUT2D eigenvalue weighted by Crippen LogP contribution is 2.27. The summed E-state index contributed by atoms with van der Waals surface area (Å²) in [6, 6.07) is 4.42. The lowest BCUT2D eigenvalue weighted by Crippen LogP contribution is -2.39. The number of nitrogens with zero attached hydrogens (tertiary/aromatic N) is 1. The van der Waals surface area contributed by atoms with Gasteiger partial charge in [-0.3, -0.25) is 9.69 Å². The van der Waals surface area contributed by atoms with Gasteiger partial charge in [0.2, 0.25) is 5.91 Å². The Balaban J connectivity index is 0.00000288. The molecule has 0 spiro atoms. The molecule has 2 rings (SSSR count). The van der Waals surface area contributed by atoms with Crippen molar-refractivity contribution in [3.8, 4) is 0 Å². The number of carbonyl (C=O) groups is 1. The first-order valence-electron chi connectivity index (χ1n) is 8.59. The number of carbonyl (C=O) groups excluding carboxylic acids is 1. The molecule has 1 fully saturated rings. The van der Waals surface area contributed by atoms with E-state index in [0.717, 1.165) is 25.9 Å². The molecule has 3 N–H and O–H groups in total. The Morgan fingerprint density at radius 2 is 1.92 bits per heavy atom. The van der Waals surface area contributed by atoms with Crippen LogP contribution in [0.15, 0.2) is 12.1 Å². The van der Waals surface area contributed by atoms with Gasteiger partial charge < -0.3 is 11.1 Å². The largest absolute Gasteiger partial charge is 0.355 e. The Kier molecular flexibility index (Phi) is 7.71. The fourth-order valence-electron chi connectivity index (χ4n) is 3.62. The molecule has 5 heteroatoms. The number of aryl methyl sites for hydroxylation is 3. The van der Waals surface area contributed by atoms with E-state index in [1.165, 1.54) is 22.3 Å². The third-order valence-electron chi connectivity index (χ3n) is 5.03. The lowest BCUT2D eigenvalue weighted by atomic mass is 9.90. The van der Waals surface area contributed by atoms with Crippen LogP contribution in [0.2, 0.25) is 0 Å². The smallest absolute Gasteiger partial charge is 0.234 e. The molecule has 0 saturated carbocycles. The summed E-state index contributed by atoms with van der Waals surface area (Å²) in [5, 5.41) is 3.06. The Hall–Kier alpha value is -1.10. The van der Waals surface area contributed by atoms with Crippen LogP contribution in [0.4, 0.5) is 0 Å². The molecular weight excluding hydrogens is 322 g/mol. The number of halogens is 1. The molecule has 1 heterocycles. The summed E-state index contributed by atoms with van der Waals surface area (Å²) in [5.41, 5.74) is 11.3. The monoisotopic (exact) mass is 353 g/mol. The number of hydrogen-bond acceptors (Lipinski definition) is 3. The third kappa shape index (κ3) is 5.47. The van der Waals surface area contributed by atoms with Crippen molar-refractivity contribution in [2.24, 2.45) is 11.1 Å². The molecule has 4 nitrogen and oxygen atoms in total. The summed E-state index contributed by atoms with van der Waals surface area (Å²) in [6.45, 7) is 12.4. The number of rotatable bonds is 6. The first-order valence-corrected chi connectivity index (χ1v) is 8.59. The fraction of sp³-hybridized carbons (Fsp3) is 0.632. The quantitative estimate of drug-likeness (QED) is 0.825. The number of nitrogens with one attached hydrogen (secondary N) is 1. The van der Waals surface area contributed by atoms with E-state index in [0.29, 0.717) is 19.6 Å². The molecule has 1 aliphatic heterocycles. The Morgan fingerprint density at radius 3 is 2.46 bits per heavy atom. The standard InChI is InChI=1S/C19H31N3O.ClH/c1-14-9-15(2)17(16(3)10-14)5-7-21-18(23)11-22-8-6-19(4,12-20)13-22;/h9-10H,5-8,11-13,20H2,1-4H3,(H,21,23);1H. The average Bonchev–Trinajstić information content (AvgIpc) is 2.83. The van der Waals surface area contributed by atoms with Gasteiger partial charge in [-0.1, -0.05) is 24.6 Å². The van der Waals surface area contributed by atoms with Gasteiger partial charge in [0.05, 0.1) is 6.54 Å². The Morgan fingerprint density at radius 1 is 1.29 bits per heavy atom. The maximum absolute atomic E-state index is 12.1. The van der Waals surface area contributed by atoms with Crippen LogP contribution in [0, 0.1) is 26.2 Å². The van der Waals surface area contributed by atoms with Crippen LogP contribution < -0.4 is 11.1 Å². The summed E-state index contributed by atoms with van der Waals surface area (Å²) >= 11 is 0. The van der Waals surface area contributed by atoms with Crippen molar-refractivity contribution in [2.45, 2.75) is 40.5 Å². The molecule has 1 atom stereocenters. The van der Waals surface area contributed by atoms with E-state index >= 15 is 0 Å². The molecule has 0 aromatic heterocycles. The zero-order chi connectivity index (χ0) is 17.0. The zero-order valence-corrected chi connectivity index (χ0v) is 16.3. The van der Waals surface area contributed by atoms with Crippen LogP contribution in [0.1, 0.15) is 35.6 Å². The van der Waals surface area contributed by atoms with E-state index in [-0.39, 0.29) is 23.7 Å². The first kappa shape index (κ1) is 20.9. The maximum atomic E-state index is 12.1. The minimum absolute atomic E-state index is 0. The molecule has 1 unspecified atom stereocenters. The predicted octanol–water partition coefficient (Wildman–Crippen LogP) is 2.36. The van der Waals surface area contributed by atoms with Gasteiger partial charge in [-0.15, -0.1) is 12.4 Å². The third-order valence-corrected chi connectivity index (χ3v) is 5.03. The van der Waals surface area contributed by atoms with Gasteiger partial charge in [-0.25, -0.2) is 0 Å². The van der Waals surface area contributed by atoms with Gasteiger partial charge in [0, 0.05) is 13.1 Å². The minimum atomic E-state index is 0. The van der Waals surface area contributed by atoms with Crippen LogP contribution in [0.25, 0.3) is 0 Å². The minimum Gasteiger partial charge on any atom is -0.355 e. The molecular formula is C19H32ClN3O. The highest BCUT2D eigenvalue weighted by Gasteiger charge is 2.32. The van der Waals surface area contributed by atoms with Gasteiger partial charge in [0.1, 0.15) is 0 Å². The second kappa shape index (κ2) is 8.84. The molecule has 1 amide bonds. The van der Waals surface area contributed by atoms with Gasteiger partial charge >= 0.3 is 0 Å². The van der Waals surface area contributed by atoms with Gasteiger partial charge in [-0.2, -0.15) is 0 Å². The van der Waals surface area contributed by atoms with Crippen molar-refractivity contribution in [2.75, 3.05) is 32.7 Å². The second-order valence-electron chi connectivity index (χ2n) is 7.45. The lowest BCUT2D eigenvalue weighted by Gasteiger charge is -2.22. The maximum Gasteiger partial charge on any atom is 0.234 e. The van der Waals surface area contributed by atoms with E-state index < -0.39 is 0 Å². The number of hydrogen-bond donors (Lipinski definition) is 2. The predicted molar refractivity (Wildman–Crippen MR) is 103 cm³/mol. The van der Waals surface area contributed by atoms with Crippen molar-refractivity contribution in [3.05, 3.63) is 34.4 Å². The van der Waals surface area contributed by atoms with Crippen LogP contribution in [0.3, 0.4) is 0 Å². The van der Waals surface area contributed by atoms with E-state index in [4.69, 9.17) is 5.73 Å². The summed E-state index contributed by atoms with van der Waals surface area (Å²) in [6.07, 6.45) is 1.97. The molecule has 0 radical (unpaired) electrons. The van der Waals surface area contributed by atoms with Gasteiger partial charge in [0.25, 0.3) is 0 Å². The van der Waals surface area contributed by atoms with Crippen LogP contribution in [-0.4, -0.2) is 43.5 Å². The Labute approximate surface area is 152 Å². The van der Waals surface area contributed by atoms with E-state index in [1.54, 1.807) is 0 Å². The topological polar surface area (TPSA) is 58.4 Å². The van der Waals surface area contributed by atoms with Crippen LogP contribution in [-0.2, 0) is 11.2 Å². The number of likely N-dealkylation sites (tertiary alicyclic amines) is 1. The zero-order valence-electron chi connectivity index (χ0n) is 15.4. The Bertz CT molecular complexity index is 553. The molecule has 0 aliphatic carbocycles. The molecule has 136 valence electrons.